The van der Waals surface area contributed by atoms with Crippen LogP contribution in [-0.2, 0) is 20.2 Å². The number of hydrogen-bond donors (Lipinski definition) is 1. The Morgan fingerprint density at radius 2 is 1.21 bits per heavy atom. The van der Waals surface area contributed by atoms with Crippen molar-refractivity contribution >= 4 is 37.3 Å². The van der Waals surface area contributed by atoms with Gasteiger partial charge in [0.25, 0.3) is 0 Å². The van der Waals surface area contributed by atoms with Crippen LogP contribution in [0.25, 0.3) is 10.8 Å². The molecule has 8 nitrogen and oxygen atoms in total. The summed E-state index contributed by atoms with van der Waals surface area (Å²) < 4.78 is 64.3. The van der Waals surface area contributed by atoms with Crippen molar-refractivity contribution in [2.24, 2.45) is 0 Å². The minimum absolute atomic E-state index is 0. The largest absolute Gasteiger partial charge is 1.00 e. The summed E-state index contributed by atoms with van der Waals surface area (Å²) in [6.07, 6.45) is 0.125. The van der Waals surface area contributed by atoms with Crippen LogP contribution in [0.1, 0.15) is 10.4 Å². The predicted octanol–water partition coefficient (Wildman–Crippen LogP) is -4.14. The second-order valence-electron chi connectivity index (χ2n) is 5.19. The minimum Gasteiger partial charge on any atom is -0.744 e. The van der Waals surface area contributed by atoms with Crippen molar-refractivity contribution < 1.29 is 95.0 Å². The van der Waals surface area contributed by atoms with E-state index in [0.717, 1.165) is 17.5 Å². The smallest absolute Gasteiger partial charge is 0.744 e. The van der Waals surface area contributed by atoms with E-state index in [2.05, 4.69) is 0 Å². The van der Waals surface area contributed by atoms with Crippen molar-refractivity contribution in [2.45, 2.75) is 9.79 Å². The van der Waals surface area contributed by atoms with Crippen molar-refractivity contribution in [1.29, 1.82) is 0 Å². The van der Waals surface area contributed by atoms with Crippen molar-refractivity contribution in [3.05, 3.63) is 66.2 Å². The van der Waals surface area contributed by atoms with Crippen LogP contribution < -0.4 is 59.1 Å². The first kappa shape index (κ1) is 28.2. The van der Waals surface area contributed by atoms with E-state index >= 15 is 0 Å². The van der Waals surface area contributed by atoms with Gasteiger partial charge in [-0.15, -0.1) is 0 Å². The number of aldehydes is 1. The van der Waals surface area contributed by atoms with Crippen molar-refractivity contribution in [2.75, 3.05) is 0 Å². The number of fused-ring (bicyclic) bond motifs is 1. The molecule has 0 spiro atoms. The van der Waals surface area contributed by atoms with Crippen LogP contribution in [0.3, 0.4) is 0 Å². The zero-order valence-electron chi connectivity index (χ0n) is 15.5. The Bertz CT molecular complexity index is 1200. The second-order valence-corrected chi connectivity index (χ2v) is 7.89. The molecular formula is C17H12Na2O8S2. The van der Waals surface area contributed by atoms with E-state index < -0.39 is 36.4 Å². The van der Waals surface area contributed by atoms with Gasteiger partial charge in [0.15, 0.2) is 6.29 Å². The maximum atomic E-state index is 10.9. The molecular weight excluding hydrogens is 442 g/mol. The summed E-state index contributed by atoms with van der Waals surface area (Å²) in [6, 6.07) is 14.8. The molecule has 0 saturated carbocycles. The molecule has 0 heterocycles. The molecule has 0 aromatic heterocycles. The first-order valence-corrected chi connectivity index (χ1v) is 10.0. The van der Waals surface area contributed by atoms with E-state index in [9.17, 15) is 30.7 Å². The fourth-order valence-corrected chi connectivity index (χ4v) is 3.65. The molecule has 0 atom stereocenters. The molecule has 0 unspecified atom stereocenters. The van der Waals surface area contributed by atoms with Crippen LogP contribution in [0.4, 0.5) is 0 Å². The third kappa shape index (κ3) is 7.44. The van der Waals surface area contributed by atoms with Gasteiger partial charge in [-0.1, -0.05) is 42.5 Å². The van der Waals surface area contributed by atoms with Crippen LogP contribution in [0.15, 0.2) is 70.5 Å². The molecule has 29 heavy (non-hydrogen) atoms. The molecule has 1 N–H and O–H groups in total. The summed E-state index contributed by atoms with van der Waals surface area (Å²) >= 11 is 0. The summed E-state index contributed by atoms with van der Waals surface area (Å²) in [4.78, 5) is 9.47. The number of rotatable bonds is 3. The first-order valence-electron chi connectivity index (χ1n) is 7.22. The molecule has 0 radical (unpaired) electrons. The van der Waals surface area contributed by atoms with E-state index in [0.29, 0.717) is 5.39 Å². The summed E-state index contributed by atoms with van der Waals surface area (Å²) in [7, 11) is -9.09. The fourth-order valence-electron chi connectivity index (χ4n) is 2.28. The fraction of sp³-hybridized carbons (Fsp3) is 0. The van der Waals surface area contributed by atoms with Gasteiger partial charge in [-0.2, -0.15) is 0 Å². The van der Waals surface area contributed by atoms with Gasteiger partial charge in [-0.25, -0.2) is 16.8 Å². The molecule has 12 heteroatoms. The molecule has 0 amide bonds. The van der Waals surface area contributed by atoms with Gasteiger partial charge in [0, 0.05) is 0 Å². The quantitative estimate of drug-likeness (QED) is 0.238. The maximum absolute atomic E-state index is 10.9. The molecule has 0 bridgehead atoms. The zero-order valence-corrected chi connectivity index (χ0v) is 21.1. The summed E-state index contributed by atoms with van der Waals surface area (Å²) in [5.74, 6) is -0.521. The third-order valence-electron chi connectivity index (χ3n) is 3.45. The average Bonchev–Trinajstić information content (AvgIpc) is 2.60. The summed E-state index contributed by atoms with van der Waals surface area (Å²) in [5, 5.41) is 10.3. The number of benzene rings is 3. The monoisotopic (exact) mass is 454 g/mol. The summed E-state index contributed by atoms with van der Waals surface area (Å²) in [6.45, 7) is 0. The normalized spacial score (nSPS) is 10.7. The van der Waals surface area contributed by atoms with Crippen LogP contribution in [0.2, 0.25) is 0 Å². The van der Waals surface area contributed by atoms with E-state index in [1.54, 1.807) is 36.4 Å². The Hall–Kier alpha value is -0.790. The Labute approximate surface area is 212 Å². The van der Waals surface area contributed by atoms with Gasteiger partial charge >= 0.3 is 59.1 Å². The standard InChI is InChI=1S/C10H8O3S.C7H6O5S.2Na/c11-14(12,13)10-7-3-5-8-4-1-2-6-9(8)10;8-4-5-6(9)2-1-3-7(5)13(10,11)12;;/h1-7H,(H,11,12,13);1-4,9H,(H,10,11,12);;/q;;2*+1/p-2. The molecule has 0 saturated heterocycles. The second kappa shape index (κ2) is 11.6. The number of phenolic OH excluding ortho intramolecular Hbond substituents is 1. The van der Waals surface area contributed by atoms with Crippen molar-refractivity contribution in [1.82, 2.24) is 0 Å². The van der Waals surface area contributed by atoms with Gasteiger partial charge in [-0.3, -0.25) is 4.79 Å². The molecule has 3 aromatic carbocycles. The Morgan fingerprint density at radius 3 is 1.72 bits per heavy atom. The number of aromatic hydroxyl groups is 1. The van der Waals surface area contributed by atoms with Gasteiger partial charge in [0.2, 0.25) is 0 Å². The van der Waals surface area contributed by atoms with Crippen LogP contribution >= 0.6 is 0 Å². The van der Waals surface area contributed by atoms with E-state index in [4.69, 9.17) is 5.11 Å². The van der Waals surface area contributed by atoms with Crippen molar-refractivity contribution in [3.8, 4) is 5.75 Å². The topological polar surface area (TPSA) is 152 Å². The SMILES string of the molecule is O=Cc1c(O)cccc1S(=O)(=O)[O-].O=S(=O)([O-])c1cccc2ccccc12.[Na+].[Na+]. The molecule has 3 aromatic rings. The van der Waals surface area contributed by atoms with E-state index in [1.165, 1.54) is 12.1 Å². The number of carbonyl (C=O) groups is 1. The Balaban J connectivity index is 0.000000507. The van der Waals surface area contributed by atoms with Crippen LogP contribution in [0.5, 0.6) is 5.75 Å². The average molecular weight is 454 g/mol. The molecule has 142 valence electrons. The molecule has 3 rings (SSSR count). The first-order chi connectivity index (χ1) is 12.6. The molecule has 0 aliphatic carbocycles. The maximum Gasteiger partial charge on any atom is 1.00 e. The third-order valence-corrected chi connectivity index (χ3v) is 5.24. The van der Waals surface area contributed by atoms with E-state index in [1.807, 2.05) is 0 Å². The van der Waals surface area contributed by atoms with Crippen LogP contribution in [-0.4, -0.2) is 37.3 Å². The number of phenols is 1. The van der Waals surface area contributed by atoms with Gasteiger partial charge in [0.1, 0.15) is 26.0 Å². The number of carbonyl (C=O) groups excluding carboxylic acids is 1. The molecule has 0 fully saturated rings. The van der Waals surface area contributed by atoms with Gasteiger partial charge < -0.3 is 14.2 Å². The molecule has 0 aliphatic rings. The predicted molar refractivity (Wildman–Crippen MR) is 93.4 cm³/mol. The number of hydrogen-bond acceptors (Lipinski definition) is 8. The van der Waals surface area contributed by atoms with E-state index in [-0.39, 0.29) is 70.3 Å². The Morgan fingerprint density at radius 1 is 0.724 bits per heavy atom. The summed E-state index contributed by atoms with van der Waals surface area (Å²) in [5.41, 5.74) is -0.502. The minimum atomic E-state index is -4.71. The Kier molecular flexibility index (Phi) is 11.2. The zero-order chi connectivity index (χ0) is 20.2. The van der Waals surface area contributed by atoms with Gasteiger partial charge in [-0.05, 0) is 29.0 Å². The van der Waals surface area contributed by atoms with Gasteiger partial charge in [0.05, 0.1) is 15.4 Å². The van der Waals surface area contributed by atoms with Crippen molar-refractivity contribution in [3.63, 3.8) is 0 Å². The molecule has 0 aliphatic heterocycles. The van der Waals surface area contributed by atoms with Crippen LogP contribution in [0, 0.1) is 0 Å².